The van der Waals surface area contributed by atoms with E-state index >= 15 is 0 Å². The van der Waals surface area contributed by atoms with E-state index < -0.39 is 0 Å². The highest BCUT2D eigenvalue weighted by molar-refractivity contribution is 7.09. The first kappa shape index (κ1) is 15.6. The predicted molar refractivity (Wildman–Crippen MR) is 94.9 cm³/mol. The number of pyridine rings is 1. The zero-order valence-electron chi connectivity index (χ0n) is 13.2. The zero-order chi connectivity index (χ0) is 16.1. The summed E-state index contributed by atoms with van der Waals surface area (Å²) in [5, 5.41) is 6.48. The molecule has 0 amide bonds. The first-order chi connectivity index (χ1) is 11.3. The fourth-order valence-corrected chi connectivity index (χ4v) is 3.33. The van der Waals surface area contributed by atoms with Crippen LogP contribution in [0.4, 0.5) is 0 Å². The van der Waals surface area contributed by atoms with Crippen LogP contribution in [0.3, 0.4) is 0 Å². The number of nitrogens with zero attached hydrogens (tertiary/aromatic N) is 4. The molecule has 0 saturated heterocycles. The van der Waals surface area contributed by atoms with Crippen molar-refractivity contribution in [2.24, 2.45) is 0 Å². The number of hydrogen-bond acceptors (Lipinski definition) is 4. The molecule has 118 valence electrons. The minimum absolute atomic E-state index is 0.854. The van der Waals surface area contributed by atoms with Crippen molar-refractivity contribution in [1.82, 2.24) is 19.7 Å². The molecule has 0 aliphatic carbocycles. The zero-order valence-corrected chi connectivity index (χ0v) is 14.0. The van der Waals surface area contributed by atoms with Gasteiger partial charge in [-0.1, -0.05) is 18.7 Å². The van der Waals surface area contributed by atoms with Crippen LogP contribution in [-0.2, 0) is 19.6 Å². The van der Waals surface area contributed by atoms with E-state index in [2.05, 4.69) is 52.1 Å². The molecule has 0 bridgehead atoms. The molecule has 5 heteroatoms. The van der Waals surface area contributed by atoms with E-state index in [-0.39, 0.29) is 0 Å². The van der Waals surface area contributed by atoms with Gasteiger partial charge in [-0.2, -0.15) is 5.10 Å². The number of hydrogen-bond donors (Lipinski definition) is 0. The minimum Gasteiger partial charge on any atom is -0.290 e. The Morgan fingerprint density at radius 2 is 2.13 bits per heavy atom. The lowest BCUT2D eigenvalue weighted by Crippen LogP contribution is -2.22. The van der Waals surface area contributed by atoms with Crippen molar-refractivity contribution in [3.63, 3.8) is 0 Å². The minimum atomic E-state index is 0.854. The van der Waals surface area contributed by atoms with Crippen LogP contribution in [0.5, 0.6) is 0 Å². The molecule has 0 radical (unpaired) electrons. The van der Waals surface area contributed by atoms with Gasteiger partial charge in [0.05, 0.1) is 6.20 Å². The Balaban J connectivity index is 1.79. The molecular formula is C18H20N4S. The van der Waals surface area contributed by atoms with E-state index in [1.807, 2.05) is 29.3 Å². The van der Waals surface area contributed by atoms with Gasteiger partial charge < -0.3 is 0 Å². The molecule has 0 aliphatic rings. The van der Waals surface area contributed by atoms with Gasteiger partial charge in [-0.25, -0.2) is 4.68 Å². The number of aromatic nitrogens is 3. The van der Waals surface area contributed by atoms with Gasteiger partial charge in [0.25, 0.3) is 0 Å². The smallest absolute Gasteiger partial charge is 0.0541 e. The quantitative estimate of drug-likeness (QED) is 0.660. The summed E-state index contributed by atoms with van der Waals surface area (Å²) in [5.41, 5.74) is 3.59. The SMILES string of the molecule is C=Cn1ncc(CN(Cc2cccnc2)Cc2cccs2)c1C. The van der Waals surface area contributed by atoms with Crippen LogP contribution < -0.4 is 0 Å². The predicted octanol–water partition coefficient (Wildman–Crippen LogP) is 3.95. The average Bonchev–Trinajstić information content (AvgIpc) is 3.19. The van der Waals surface area contributed by atoms with Crippen LogP contribution in [0.1, 0.15) is 21.7 Å². The molecule has 0 atom stereocenters. The van der Waals surface area contributed by atoms with Gasteiger partial charge in [0.15, 0.2) is 0 Å². The first-order valence-electron chi connectivity index (χ1n) is 7.55. The Morgan fingerprint density at radius 1 is 1.22 bits per heavy atom. The Kier molecular flexibility index (Phi) is 5.00. The fraction of sp³-hybridized carbons (Fsp3) is 0.222. The monoisotopic (exact) mass is 324 g/mol. The molecule has 23 heavy (non-hydrogen) atoms. The van der Waals surface area contributed by atoms with Gasteiger partial charge in [0, 0.05) is 54.4 Å². The van der Waals surface area contributed by atoms with Crippen LogP contribution in [0, 0.1) is 6.92 Å². The highest BCUT2D eigenvalue weighted by Gasteiger charge is 2.13. The maximum Gasteiger partial charge on any atom is 0.0541 e. The van der Waals surface area contributed by atoms with Crippen molar-refractivity contribution in [3.8, 4) is 0 Å². The molecule has 3 rings (SSSR count). The molecule has 0 saturated carbocycles. The maximum atomic E-state index is 4.35. The van der Waals surface area contributed by atoms with E-state index in [1.54, 1.807) is 17.5 Å². The molecule has 4 nitrogen and oxygen atoms in total. The second-order valence-electron chi connectivity index (χ2n) is 5.47. The number of rotatable bonds is 7. The van der Waals surface area contributed by atoms with Crippen molar-refractivity contribution in [2.45, 2.75) is 26.6 Å². The summed E-state index contributed by atoms with van der Waals surface area (Å²) >= 11 is 1.79. The van der Waals surface area contributed by atoms with E-state index in [0.717, 1.165) is 25.3 Å². The van der Waals surface area contributed by atoms with Gasteiger partial charge in [-0.3, -0.25) is 9.88 Å². The largest absolute Gasteiger partial charge is 0.290 e. The van der Waals surface area contributed by atoms with Crippen LogP contribution in [0.25, 0.3) is 6.20 Å². The molecule has 0 aliphatic heterocycles. The fourth-order valence-electron chi connectivity index (χ4n) is 2.58. The highest BCUT2D eigenvalue weighted by Crippen LogP contribution is 2.18. The highest BCUT2D eigenvalue weighted by atomic mass is 32.1. The standard InChI is InChI=1S/C18H20N4S/c1-3-22-15(2)17(11-20-22)13-21(14-18-7-5-9-23-18)12-16-6-4-8-19-10-16/h3-11H,1,12-14H2,2H3. The van der Waals surface area contributed by atoms with E-state index in [1.165, 1.54) is 16.0 Å². The average molecular weight is 324 g/mol. The Labute approximate surface area is 140 Å². The van der Waals surface area contributed by atoms with Crippen molar-refractivity contribution in [2.75, 3.05) is 0 Å². The second-order valence-corrected chi connectivity index (χ2v) is 6.50. The molecule has 0 fully saturated rings. The molecule has 3 aromatic heterocycles. The summed E-state index contributed by atoms with van der Waals surface area (Å²) in [5.74, 6) is 0. The third-order valence-corrected chi connectivity index (χ3v) is 4.66. The van der Waals surface area contributed by atoms with Crippen molar-refractivity contribution < 1.29 is 0 Å². The molecule has 0 unspecified atom stereocenters. The van der Waals surface area contributed by atoms with Crippen molar-refractivity contribution in [3.05, 3.63) is 76.5 Å². The van der Waals surface area contributed by atoms with E-state index in [4.69, 9.17) is 0 Å². The Bertz CT molecular complexity index is 747. The van der Waals surface area contributed by atoms with Crippen LogP contribution >= 0.6 is 11.3 Å². The molecule has 0 aromatic carbocycles. The number of thiophene rings is 1. The molecule has 0 spiro atoms. The van der Waals surface area contributed by atoms with Gasteiger partial charge in [-0.05, 0) is 30.0 Å². The lowest BCUT2D eigenvalue weighted by molar-refractivity contribution is 0.249. The van der Waals surface area contributed by atoms with E-state index in [9.17, 15) is 0 Å². The van der Waals surface area contributed by atoms with Gasteiger partial charge in [0.2, 0.25) is 0 Å². The normalized spacial score (nSPS) is 11.0. The summed E-state index contributed by atoms with van der Waals surface area (Å²) < 4.78 is 1.82. The molecule has 3 heterocycles. The van der Waals surface area contributed by atoms with Gasteiger partial charge >= 0.3 is 0 Å². The second kappa shape index (κ2) is 7.35. The molecular weight excluding hydrogens is 304 g/mol. The van der Waals surface area contributed by atoms with Crippen LogP contribution in [-0.4, -0.2) is 19.7 Å². The lowest BCUT2D eigenvalue weighted by atomic mass is 10.2. The van der Waals surface area contributed by atoms with Crippen LogP contribution in [0.15, 0.2) is 54.8 Å². The molecule has 3 aromatic rings. The van der Waals surface area contributed by atoms with Gasteiger partial charge in [0.1, 0.15) is 0 Å². The molecule has 0 N–H and O–H groups in total. The van der Waals surface area contributed by atoms with Gasteiger partial charge in [-0.15, -0.1) is 11.3 Å². The van der Waals surface area contributed by atoms with Crippen molar-refractivity contribution in [1.29, 1.82) is 0 Å². The van der Waals surface area contributed by atoms with Crippen LogP contribution in [0.2, 0.25) is 0 Å². The Hall–Kier alpha value is -2.24. The Morgan fingerprint density at radius 3 is 2.78 bits per heavy atom. The topological polar surface area (TPSA) is 34.0 Å². The summed E-state index contributed by atoms with van der Waals surface area (Å²) in [6.07, 6.45) is 7.41. The summed E-state index contributed by atoms with van der Waals surface area (Å²) in [7, 11) is 0. The maximum absolute atomic E-state index is 4.35. The summed E-state index contributed by atoms with van der Waals surface area (Å²) in [6.45, 7) is 8.51. The van der Waals surface area contributed by atoms with E-state index in [0.29, 0.717) is 0 Å². The summed E-state index contributed by atoms with van der Waals surface area (Å²) in [4.78, 5) is 8.00. The first-order valence-corrected chi connectivity index (χ1v) is 8.43. The third-order valence-electron chi connectivity index (χ3n) is 3.80. The third kappa shape index (κ3) is 3.94. The van der Waals surface area contributed by atoms with Crippen molar-refractivity contribution >= 4 is 17.5 Å². The summed E-state index contributed by atoms with van der Waals surface area (Å²) in [6, 6.07) is 8.39. The lowest BCUT2D eigenvalue weighted by Gasteiger charge is -2.21.